The van der Waals surface area contributed by atoms with E-state index >= 15 is 0 Å². The van der Waals surface area contributed by atoms with Gasteiger partial charge in [0.15, 0.2) is 0 Å². The summed E-state index contributed by atoms with van der Waals surface area (Å²) in [6, 6.07) is 14.0. The Morgan fingerprint density at radius 2 is 1.69 bits per heavy atom. The number of rotatable bonds is 5. The molecule has 0 radical (unpaired) electrons. The third-order valence-corrected chi connectivity index (χ3v) is 8.69. The quantitative estimate of drug-likeness (QED) is 0.633. The predicted molar refractivity (Wildman–Crippen MR) is 126 cm³/mol. The van der Waals surface area contributed by atoms with Gasteiger partial charge in [0, 0.05) is 49.3 Å². The van der Waals surface area contributed by atoms with Crippen molar-refractivity contribution >= 4 is 39.1 Å². The van der Waals surface area contributed by atoms with Crippen LogP contribution in [0.1, 0.15) is 18.4 Å². The van der Waals surface area contributed by atoms with E-state index in [0.717, 1.165) is 24.9 Å². The Kier molecular flexibility index (Phi) is 7.42. The molecule has 2 aliphatic rings. The second kappa shape index (κ2) is 10.1. The van der Waals surface area contributed by atoms with E-state index in [1.807, 2.05) is 17.0 Å². The van der Waals surface area contributed by atoms with Crippen molar-refractivity contribution in [2.75, 3.05) is 39.3 Å². The summed E-state index contributed by atoms with van der Waals surface area (Å²) in [5, 5.41) is 1.25. The summed E-state index contributed by atoms with van der Waals surface area (Å²) < 4.78 is 27.1. The highest BCUT2D eigenvalue weighted by atomic mass is 35.5. The molecule has 2 heterocycles. The Morgan fingerprint density at radius 3 is 2.38 bits per heavy atom. The zero-order valence-electron chi connectivity index (χ0n) is 17.8. The van der Waals surface area contributed by atoms with Crippen LogP contribution in [0.15, 0.2) is 53.4 Å². The SMILES string of the molecule is O=C(C1CCCN(Cc2ccc(Cl)cc2Cl)C1)N1CCN(S(=O)(=O)c2ccccc2)CC1. The molecule has 0 N–H and O–H groups in total. The molecule has 0 bridgehead atoms. The van der Waals surface area contributed by atoms with Crippen LogP contribution in [0.3, 0.4) is 0 Å². The molecule has 1 amide bonds. The Balaban J connectivity index is 1.34. The minimum absolute atomic E-state index is 0.0768. The van der Waals surface area contributed by atoms with Gasteiger partial charge >= 0.3 is 0 Å². The molecule has 32 heavy (non-hydrogen) atoms. The number of hydrogen-bond acceptors (Lipinski definition) is 4. The maximum atomic E-state index is 13.2. The maximum Gasteiger partial charge on any atom is 0.243 e. The lowest BCUT2D eigenvalue weighted by atomic mass is 9.95. The van der Waals surface area contributed by atoms with Gasteiger partial charge in [0.2, 0.25) is 15.9 Å². The molecule has 2 aromatic carbocycles. The number of carbonyl (C=O) groups excluding carboxylic acids is 1. The van der Waals surface area contributed by atoms with Gasteiger partial charge in [-0.2, -0.15) is 4.31 Å². The first-order valence-corrected chi connectivity index (χ1v) is 13.0. The highest BCUT2D eigenvalue weighted by Gasteiger charge is 2.34. The molecule has 172 valence electrons. The average molecular weight is 496 g/mol. The molecular weight excluding hydrogens is 469 g/mol. The van der Waals surface area contributed by atoms with Crippen LogP contribution in [-0.4, -0.2) is 67.7 Å². The fraction of sp³-hybridized carbons (Fsp3) is 0.435. The van der Waals surface area contributed by atoms with Crippen LogP contribution in [0.5, 0.6) is 0 Å². The van der Waals surface area contributed by atoms with Crippen molar-refractivity contribution in [1.29, 1.82) is 0 Å². The van der Waals surface area contributed by atoms with E-state index in [1.54, 1.807) is 36.4 Å². The van der Waals surface area contributed by atoms with Crippen molar-refractivity contribution in [2.45, 2.75) is 24.3 Å². The van der Waals surface area contributed by atoms with Crippen LogP contribution in [0.4, 0.5) is 0 Å². The lowest BCUT2D eigenvalue weighted by Gasteiger charge is -2.38. The molecule has 0 aliphatic carbocycles. The fourth-order valence-electron chi connectivity index (χ4n) is 4.44. The number of amides is 1. The number of sulfonamides is 1. The maximum absolute atomic E-state index is 13.2. The summed E-state index contributed by atoms with van der Waals surface area (Å²) >= 11 is 12.3. The van der Waals surface area contributed by atoms with Crippen LogP contribution < -0.4 is 0 Å². The minimum Gasteiger partial charge on any atom is -0.340 e. The number of benzene rings is 2. The van der Waals surface area contributed by atoms with Crippen molar-refractivity contribution < 1.29 is 13.2 Å². The largest absolute Gasteiger partial charge is 0.340 e. The van der Waals surface area contributed by atoms with E-state index in [2.05, 4.69) is 4.90 Å². The summed E-state index contributed by atoms with van der Waals surface area (Å²) in [6.07, 6.45) is 1.80. The number of likely N-dealkylation sites (tertiary alicyclic amines) is 1. The predicted octanol–water partition coefficient (Wildman–Crippen LogP) is 3.74. The zero-order chi connectivity index (χ0) is 22.7. The number of piperazine rings is 1. The summed E-state index contributed by atoms with van der Waals surface area (Å²) in [5.41, 5.74) is 1.00. The molecule has 2 fully saturated rings. The third-order valence-electron chi connectivity index (χ3n) is 6.20. The number of hydrogen-bond donors (Lipinski definition) is 0. The lowest BCUT2D eigenvalue weighted by molar-refractivity contribution is -0.138. The highest BCUT2D eigenvalue weighted by molar-refractivity contribution is 7.89. The highest BCUT2D eigenvalue weighted by Crippen LogP contribution is 2.26. The molecule has 1 unspecified atom stereocenters. The Labute approximate surface area is 199 Å². The Morgan fingerprint density at radius 1 is 0.969 bits per heavy atom. The molecule has 1 atom stereocenters. The van der Waals surface area contributed by atoms with E-state index in [0.29, 0.717) is 54.2 Å². The van der Waals surface area contributed by atoms with Crippen molar-refractivity contribution in [3.63, 3.8) is 0 Å². The summed E-state index contributed by atoms with van der Waals surface area (Å²) in [6.45, 7) is 3.77. The van der Waals surface area contributed by atoms with E-state index in [-0.39, 0.29) is 11.8 Å². The topological polar surface area (TPSA) is 60.9 Å². The van der Waals surface area contributed by atoms with Crippen LogP contribution in [0.25, 0.3) is 0 Å². The zero-order valence-corrected chi connectivity index (χ0v) is 20.1. The molecule has 2 saturated heterocycles. The smallest absolute Gasteiger partial charge is 0.243 e. The van der Waals surface area contributed by atoms with Gasteiger partial charge in [0.05, 0.1) is 10.8 Å². The van der Waals surface area contributed by atoms with Gasteiger partial charge in [0.1, 0.15) is 0 Å². The molecule has 0 saturated carbocycles. The number of carbonyl (C=O) groups is 1. The van der Waals surface area contributed by atoms with E-state index < -0.39 is 10.0 Å². The monoisotopic (exact) mass is 495 g/mol. The van der Waals surface area contributed by atoms with Gasteiger partial charge in [-0.15, -0.1) is 0 Å². The third kappa shape index (κ3) is 5.29. The molecule has 0 aromatic heterocycles. The van der Waals surface area contributed by atoms with Gasteiger partial charge < -0.3 is 4.90 Å². The summed E-state index contributed by atoms with van der Waals surface area (Å²) in [7, 11) is -3.52. The molecule has 6 nitrogen and oxygen atoms in total. The van der Waals surface area contributed by atoms with E-state index in [4.69, 9.17) is 23.2 Å². The van der Waals surface area contributed by atoms with Gasteiger partial charge in [0.25, 0.3) is 0 Å². The minimum atomic E-state index is -3.52. The number of halogens is 2. The van der Waals surface area contributed by atoms with Crippen LogP contribution in [0.2, 0.25) is 10.0 Å². The normalized spacial score (nSPS) is 20.9. The fourth-order valence-corrected chi connectivity index (χ4v) is 6.35. The van der Waals surface area contributed by atoms with Crippen LogP contribution in [0, 0.1) is 5.92 Å². The first kappa shape index (κ1) is 23.5. The van der Waals surface area contributed by atoms with Crippen molar-refractivity contribution in [2.24, 2.45) is 5.92 Å². The van der Waals surface area contributed by atoms with Crippen molar-refractivity contribution in [1.82, 2.24) is 14.1 Å². The van der Waals surface area contributed by atoms with E-state index in [1.165, 1.54) is 4.31 Å². The number of piperidine rings is 1. The van der Waals surface area contributed by atoms with Gasteiger partial charge in [-0.3, -0.25) is 9.69 Å². The average Bonchev–Trinajstić information content (AvgIpc) is 2.81. The first-order valence-electron chi connectivity index (χ1n) is 10.8. The molecule has 2 aromatic rings. The van der Waals surface area contributed by atoms with Gasteiger partial charge in [-0.1, -0.05) is 47.5 Å². The Bertz CT molecular complexity index is 1060. The first-order chi connectivity index (χ1) is 15.3. The molecule has 0 spiro atoms. The van der Waals surface area contributed by atoms with Gasteiger partial charge in [-0.25, -0.2) is 8.42 Å². The Hall–Kier alpha value is -1.64. The second-order valence-electron chi connectivity index (χ2n) is 8.35. The van der Waals surface area contributed by atoms with Crippen LogP contribution >= 0.6 is 23.2 Å². The van der Waals surface area contributed by atoms with Crippen molar-refractivity contribution in [3.05, 3.63) is 64.1 Å². The number of nitrogens with zero attached hydrogens (tertiary/aromatic N) is 3. The molecule has 4 rings (SSSR count). The molecule has 2 aliphatic heterocycles. The molecule has 9 heteroatoms. The molecular formula is C23H27Cl2N3O3S. The van der Waals surface area contributed by atoms with E-state index in [9.17, 15) is 13.2 Å². The van der Waals surface area contributed by atoms with Gasteiger partial charge in [-0.05, 0) is 49.2 Å². The van der Waals surface area contributed by atoms with Crippen molar-refractivity contribution in [3.8, 4) is 0 Å². The van der Waals surface area contributed by atoms with Crippen LogP contribution in [-0.2, 0) is 21.4 Å². The summed E-state index contributed by atoms with van der Waals surface area (Å²) in [5.74, 6) is 0.0424. The standard InChI is InChI=1S/C23H27Cl2N3O3S/c24-20-9-8-18(22(25)15-20)16-26-10-4-5-19(17-26)23(29)27-11-13-28(14-12-27)32(30,31)21-6-2-1-3-7-21/h1-3,6-9,15,19H,4-5,10-14,16-17H2. The lowest BCUT2D eigenvalue weighted by Crippen LogP contribution is -2.53. The second-order valence-corrected chi connectivity index (χ2v) is 11.1. The summed E-state index contributed by atoms with van der Waals surface area (Å²) in [4.78, 5) is 17.6.